The average molecular weight is 273 g/mol. The summed E-state index contributed by atoms with van der Waals surface area (Å²) in [5.41, 5.74) is 1.90. The van der Waals surface area contributed by atoms with Gasteiger partial charge in [0.25, 0.3) is 0 Å². The molecule has 0 bridgehead atoms. The molecule has 0 unspecified atom stereocenters. The van der Waals surface area contributed by atoms with E-state index in [0.717, 1.165) is 42.9 Å². The monoisotopic (exact) mass is 273 g/mol. The van der Waals surface area contributed by atoms with Gasteiger partial charge in [-0.15, -0.1) is 0 Å². The lowest BCUT2D eigenvalue weighted by atomic mass is 10.00. The van der Waals surface area contributed by atoms with Crippen molar-refractivity contribution >= 4 is 11.9 Å². The van der Waals surface area contributed by atoms with Gasteiger partial charge in [0.15, 0.2) is 5.78 Å². The first-order valence-electron chi connectivity index (χ1n) is 7.42. The normalized spacial score (nSPS) is 18.5. The topological polar surface area (TPSA) is 29.5 Å². The van der Waals surface area contributed by atoms with Gasteiger partial charge >= 0.3 is 0 Å². The summed E-state index contributed by atoms with van der Waals surface area (Å²) < 4.78 is 5.62. The van der Waals surface area contributed by atoms with Crippen LogP contribution in [0.1, 0.15) is 32.3 Å². The number of para-hydroxylation sites is 1. The zero-order valence-electron chi connectivity index (χ0n) is 12.4. The maximum Gasteiger partial charge on any atom is 0.161 e. The van der Waals surface area contributed by atoms with Gasteiger partial charge in [-0.2, -0.15) is 0 Å². The first kappa shape index (κ1) is 14.8. The van der Waals surface area contributed by atoms with E-state index in [4.69, 9.17) is 4.74 Å². The number of ketones is 1. The molecule has 3 heteroatoms. The van der Waals surface area contributed by atoms with Crippen LogP contribution in [0.4, 0.5) is 0 Å². The van der Waals surface area contributed by atoms with Crippen molar-refractivity contribution in [3.8, 4) is 5.75 Å². The Hall–Kier alpha value is -1.61. The van der Waals surface area contributed by atoms with Gasteiger partial charge in [-0.05, 0) is 32.0 Å². The number of nitrogens with zero attached hydrogens (tertiary/aromatic N) is 1. The minimum absolute atomic E-state index is 0.267. The molecule has 1 heterocycles. The molecule has 0 radical (unpaired) electrons. The third kappa shape index (κ3) is 3.70. The molecule has 0 aromatic heterocycles. The van der Waals surface area contributed by atoms with Crippen molar-refractivity contribution < 1.29 is 9.53 Å². The Morgan fingerprint density at radius 3 is 2.85 bits per heavy atom. The highest BCUT2D eigenvalue weighted by atomic mass is 16.5. The molecule has 108 valence electrons. The fourth-order valence-electron chi connectivity index (χ4n) is 2.54. The SMILES string of the molecule is CCCN1CCC(=O)/C(=C/c2ccccc2OCC)C1. The maximum absolute atomic E-state index is 12.1. The van der Waals surface area contributed by atoms with Crippen LogP contribution in [-0.4, -0.2) is 36.9 Å². The second-order valence-electron chi connectivity index (χ2n) is 5.09. The van der Waals surface area contributed by atoms with E-state index >= 15 is 0 Å². The van der Waals surface area contributed by atoms with Crippen LogP contribution >= 0.6 is 0 Å². The maximum atomic E-state index is 12.1. The second-order valence-corrected chi connectivity index (χ2v) is 5.09. The van der Waals surface area contributed by atoms with E-state index in [1.54, 1.807) is 0 Å². The minimum Gasteiger partial charge on any atom is -0.493 e. The van der Waals surface area contributed by atoms with Crippen LogP contribution in [-0.2, 0) is 4.79 Å². The number of carbonyl (C=O) groups excluding carboxylic acids is 1. The van der Waals surface area contributed by atoms with Crippen molar-refractivity contribution in [3.05, 3.63) is 35.4 Å². The van der Waals surface area contributed by atoms with E-state index in [1.807, 2.05) is 37.3 Å². The van der Waals surface area contributed by atoms with Gasteiger partial charge < -0.3 is 4.74 Å². The molecule has 0 aliphatic carbocycles. The molecular weight excluding hydrogens is 250 g/mol. The van der Waals surface area contributed by atoms with Gasteiger partial charge in [0.05, 0.1) is 6.61 Å². The largest absolute Gasteiger partial charge is 0.493 e. The Labute approximate surface area is 121 Å². The first-order chi connectivity index (χ1) is 9.74. The Morgan fingerprint density at radius 1 is 1.30 bits per heavy atom. The fourth-order valence-corrected chi connectivity index (χ4v) is 2.54. The summed E-state index contributed by atoms with van der Waals surface area (Å²) in [5, 5.41) is 0. The van der Waals surface area contributed by atoms with E-state index in [9.17, 15) is 4.79 Å². The highest BCUT2D eigenvalue weighted by molar-refractivity contribution is 6.01. The fraction of sp³-hybridized carbons (Fsp3) is 0.471. The third-order valence-electron chi connectivity index (χ3n) is 3.50. The standard InChI is InChI=1S/C17H23NO2/c1-3-10-18-11-9-16(19)15(13-18)12-14-7-5-6-8-17(14)20-4-2/h5-8,12H,3-4,9-11,13H2,1-2H3/b15-12+. The van der Waals surface area contributed by atoms with Gasteiger partial charge in [-0.1, -0.05) is 25.1 Å². The predicted molar refractivity (Wildman–Crippen MR) is 81.9 cm³/mol. The summed E-state index contributed by atoms with van der Waals surface area (Å²) >= 11 is 0. The van der Waals surface area contributed by atoms with E-state index in [0.29, 0.717) is 13.0 Å². The highest BCUT2D eigenvalue weighted by Crippen LogP contribution is 2.23. The lowest BCUT2D eigenvalue weighted by Gasteiger charge is -2.27. The molecular formula is C17H23NO2. The molecule has 1 aliphatic heterocycles. The Morgan fingerprint density at radius 2 is 2.10 bits per heavy atom. The van der Waals surface area contributed by atoms with Gasteiger partial charge in [-0.25, -0.2) is 0 Å². The Balaban J connectivity index is 2.21. The molecule has 1 saturated heterocycles. The number of hydrogen-bond donors (Lipinski definition) is 0. The van der Waals surface area contributed by atoms with Crippen molar-refractivity contribution in [3.63, 3.8) is 0 Å². The van der Waals surface area contributed by atoms with Crippen LogP contribution in [0.5, 0.6) is 5.75 Å². The number of likely N-dealkylation sites (tertiary alicyclic amines) is 1. The molecule has 0 saturated carbocycles. The van der Waals surface area contributed by atoms with Gasteiger partial charge in [0, 0.05) is 30.6 Å². The molecule has 2 rings (SSSR count). The molecule has 1 aromatic carbocycles. The summed E-state index contributed by atoms with van der Waals surface area (Å²) in [6.07, 6.45) is 3.74. The Kier molecular flexibility index (Phi) is 5.36. The van der Waals surface area contributed by atoms with E-state index < -0.39 is 0 Å². The second kappa shape index (κ2) is 7.25. The zero-order chi connectivity index (χ0) is 14.4. The first-order valence-corrected chi connectivity index (χ1v) is 7.42. The van der Waals surface area contributed by atoms with Crippen molar-refractivity contribution in [2.75, 3.05) is 26.2 Å². The highest BCUT2D eigenvalue weighted by Gasteiger charge is 2.20. The summed E-state index contributed by atoms with van der Waals surface area (Å²) in [7, 11) is 0. The quantitative estimate of drug-likeness (QED) is 0.772. The van der Waals surface area contributed by atoms with Crippen LogP contribution in [0.25, 0.3) is 6.08 Å². The van der Waals surface area contributed by atoms with E-state index in [1.165, 1.54) is 0 Å². The molecule has 1 aromatic rings. The minimum atomic E-state index is 0.267. The Bertz CT molecular complexity index is 494. The van der Waals surface area contributed by atoms with Crippen LogP contribution in [0.2, 0.25) is 0 Å². The number of piperidine rings is 1. The predicted octanol–water partition coefficient (Wildman–Crippen LogP) is 3.15. The van der Waals surface area contributed by atoms with Crippen molar-refractivity contribution in [1.82, 2.24) is 4.90 Å². The number of hydrogen-bond acceptors (Lipinski definition) is 3. The third-order valence-corrected chi connectivity index (χ3v) is 3.50. The van der Waals surface area contributed by atoms with Crippen LogP contribution in [0.15, 0.2) is 29.8 Å². The summed E-state index contributed by atoms with van der Waals surface area (Å²) in [4.78, 5) is 14.4. The molecule has 3 nitrogen and oxygen atoms in total. The van der Waals surface area contributed by atoms with Crippen LogP contribution in [0.3, 0.4) is 0 Å². The number of carbonyl (C=O) groups is 1. The van der Waals surface area contributed by atoms with Gasteiger partial charge in [0.2, 0.25) is 0 Å². The van der Waals surface area contributed by atoms with Crippen molar-refractivity contribution in [2.24, 2.45) is 0 Å². The lowest BCUT2D eigenvalue weighted by molar-refractivity contribution is -0.117. The summed E-state index contributed by atoms with van der Waals surface area (Å²) in [6.45, 7) is 7.47. The van der Waals surface area contributed by atoms with Crippen LogP contribution < -0.4 is 4.74 Å². The molecule has 0 amide bonds. The van der Waals surface area contributed by atoms with Crippen molar-refractivity contribution in [2.45, 2.75) is 26.7 Å². The molecule has 20 heavy (non-hydrogen) atoms. The molecule has 1 fully saturated rings. The average Bonchev–Trinajstić information content (AvgIpc) is 2.45. The summed E-state index contributed by atoms with van der Waals surface area (Å²) in [5.74, 6) is 1.12. The van der Waals surface area contributed by atoms with Crippen molar-refractivity contribution in [1.29, 1.82) is 0 Å². The molecule has 0 N–H and O–H groups in total. The van der Waals surface area contributed by atoms with Gasteiger partial charge in [0.1, 0.15) is 5.75 Å². The smallest absolute Gasteiger partial charge is 0.161 e. The van der Waals surface area contributed by atoms with Gasteiger partial charge in [-0.3, -0.25) is 9.69 Å². The van der Waals surface area contributed by atoms with E-state index in [-0.39, 0.29) is 5.78 Å². The number of rotatable bonds is 5. The molecule has 0 spiro atoms. The van der Waals surface area contributed by atoms with Crippen LogP contribution in [0, 0.1) is 0 Å². The molecule has 0 atom stereocenters. The molecule has 1 aliphatic rings. The lowest BCUT2D eigenvalue weighted by Crippen LogP contribution is -2.36. The number of Topliss-reactive ketones (excluding diaryl/α,β-unsaturated/α-hetero) is 1. The van der Waals surface area contributed by atoms with E-state index in [2.05, 4.69) is 11.8 Å². The summed E-state index contributed by atoms with van der Waals surface area (Å²) in [6, 6.07) is 7.89. The zero-order valence-corrected chi connectivity index (χ0v) is 12.4. The number of ether oxygens (including phenoxy) is 1. The number of benzene rings is 1.